The van der Waals surface area contributed by atoms with Crippen molar-refractivity contribution in [2.24, 2.45) is 0 Å². The molecule has 1 aromatic rings. The fraction of sp³-hybridized carbons (Fsp3) is 0.600. The van der Waals surface area contributed by atoms with Gasteiger partial charge in [0.25, 0.3) is 0 Å². The smallest absolute Gasteiger partial charge is 0.211 e. The van der Waals surface area contributed by atoms with Gasteiger partial charge in [-0.05, 0) is 31.9 Å². The van der Waals surface area contributed by atoms with E-state index in [1.54, 1.807) is 11.3 Å². The summed E-state index contributed by atoms with van der Waals surface area (Å²) in [4.78, 5) is 2.28. The summed E-state index contributed by atoms with van der Waals surface area (Å²) in [7, 11) is -3.17. The molecule has 6 heteroatoms. The Morgan fingerprint density at radius 3 is 2.62 bits per heavy atom. The minimum atomic E-state index is -3.17. The third kappa shape index (κ3) is 4.41. The van der Waals surface area contributed by atoms with Gasteiger partial charge in [0.15, 0.2) is 0 Å². The van der Waals surface area contributed by atoms with Crippen molar-refractivity contribution < 1.29 is 8.42 Å². The van der Waals surface area contributed by atoms with Crippen molar-refractivity contribution in [1.29, 1.82) is 0 Å². The van der Waals surface area contributed by atoms with E-state index in [-0.39, 0.29) is 5.75 Å². The summed E-state index contributed by atoms with van der Waals surface area (Å²) >= 11 is 7.08. The number of nitrogens with one attached hydrogen (secondary N) is 1. The standard InChI is InChI=1S/C10H16ClNO2S2/c1-8-6-10(15-9(8)2)7-12-16(13,14)5-3-4-11/h6,12H,3-5,7H2,1-2H3. The van der Waals surface area contributed by atoms with Gasteiger partial charge >= 0.3 is 0 Å². The Kier molecular flexibility index (Phi) is 5.24. The van der Waals surface area contributed by atoms with Crippen LogP contribution in [0.4, 0.5) is 0 Å². The molecule has 0 saturated carbocycles. The normalized spacial score (nSPS) is 11.9. The quantitative estimate of drug-likeness (QED) is 0.814. The molecule has 0 aromatic carbocycles. The van der Waals surface area contributed by atoms with E-state index in [1.165, 1.54) is 10.4 Å². The van der Waals surface area contributed by atoms with Gasteiger partial charge in [-0.15, -0.1) is 22.9 Å². The van der Waals surface area contributed by atoms with E-state index in [0.717, 1.165) is 4.88 Å². The van der Waals surface area contributed by atoms with Gasteiger partial charge in [0.2, 0.25) is 10.0 Å². The molecule has 1 rings (SSSR count). The maximum atomic E-state index is 11.5. The monoisotopic (exact) mass is 281 g/mol. The Hall–Kier alpha value is -0.100. The summed E-state index contributed by atoms with van der Waals surface area (Å²) in [5.74, 6) is 0.470. The average molecular weight is 282 g/mol. The minimum Gasteiger partial charge on any atom is -0.212 e. The lowest BCUT2D eigenvalue weighted by molar-refractivity contribution is 0.580. The fourth-order valence-electron chi connectivity index (χ4n) is 1.23. The number of alkyl halides is 1. The van der Waals surface area contributed by atoms with E-state index < -0.39 is 10.0 Å². The van der Waals surface area contributed by atoms with Crippen molar-refractivity contribution in [3.05, 3.63) is 21.4 Å². The zero-order chi connectivity index (χ0) is 12.2. The van der Waals surface area contributed by atoms with E-state index in [9.17, 15) is 8.42 Å². The van der Waals surface area contributed by atoms with Crippen LogP contribution in [-0.2, 0) is 16.6 Å². The van der Waals surface area contributed by atoms with E-state index in [0.29, 0.717) is 18.8 Å². The summed E-state index contributed by atoms with van der Waals surface area (Å²) in [6.45, 7) is 4.44. The Labute approximate surface area is 106 Å². The molecule has 0 saturated heterocycles. The van der Waals surface area contributed by atoms with Crippen LogP contribution >= 0.6 is 22.9 Å². The molecule has 0 unspecified atom stereocenters. The first-order chi connectivity index (χ1) is 7.44. The van der Waals surface area contributed by atoms with Crippen molar-refractivity contribution in [2.45, 2.75) is 26.8 Å². The van der Waals surface area contributed by atoms with Crippen LogP contribution in [0.25, 0.3) is 0 Å². The zero-order valence-electron chi connectivity index (χ0n) is 9.42. The topological polar surface area (TPSA) is 46.2 Å². The van der Waals surface area contributed by atoms with Crippen molar-refractivity contribution in [3.63, 3.8) is 0 Å². The number of rotatable bonds is 6. The highest BCUT2D eigenvalue weighted by atomic mass is 35.5. The Bertz CT molecular complexity index is 420. The minimum absolute atomic E-state index is 0.0971. The third-order valence-electron chi connectivity index (χ3n) is 2.23. The van der Waals surface area contributed by atoms with Crippen molar-refractivity contribution in [3.8, 4) is 0 Å². The molecule has 1 N–H and O–H groups in total. The van der Waals surface area contributed by atoms with Crippen LogP contribution in [0.15, 0.2) is 6.07 Å². The Morgan fingerprint density at radius 2 is 2.12 bits per heavy atom. The van der Waals surface area contributed by atoms with Crippen LogP contribution in [-0.4, -0.2) is 20.1 Å². The van der Waals surface area contributed by atoms with Gasteiger partial charge in [0.1, 0.15) is 0 Å². The largest absolute Gasteiger partial charge is 0.212 e. The molecule has 1 aromatic heterocycles. The Morgan fingerprint density at radius 1 is 1.44 bits per heavy atom. The van der Waals surface area contributed by atoms with Gasteiger partial charge in [0, 0.05) is 22.2 Å². The molecule has 0 atom stereocenters. The predicted molar refractivity (Wildman–Crippen MR) is 69.8 cm³/mol. The van der Waals surface area contributed by atoms with Crippen molar-refractivity contribution >= 4 is 33.0 Å². The highest BCUT2D eigenvalue weighted by Crippen LogP contribution is 2.20. The van der Waals surface area contributed by atoms with Crippen molar-refractivity contribution in [1.82, 2.24) is 4.72 Å². The molecule has 1 heterocycles. The summed E-state index contributed by atoms with van der Waals surface area (Å²) < 4.78 is 25.6. The first-order valence-corrected chi connectivity index (χ1v) is 8.04. The summed E-state index contributed by atoms with van der Waals surface area (Å²) in [6.07, 6.45) is 0.486. The van der Waals surface area contributed by atoms with Crippen LogP contribution in [0.2, 0.25) is 0 Å². The van der Waals surface area contributed by atoms with Gasteiger partial charge in [-0.25, -0.2) is 13.1 Å². The SMILES string of the molecule is Cc1cc(CNS(=O)(=O)CCCCl)sc1C. The second-order valence-corrected chi connectivity index (χ2v) is 7.28. The number of sulfonamides is 1. The number of halogens is 1. The molecule has 92 valence electrons. The number of hydrogen-bond acceptors (Lipinski definition) is 3. The molecule has 0 radical (unpaired) electrons. The van der Waals surface area contributed by atoms with Gasteiger partial charge < -0.3 is 0 Å². The predicted octanol–water partition coefficient (Wildman–Crippen LogP) is 2.41. The molecule has 0 aliphatic rings. The van der Waals surface area contributed by atoms with E-state index in [2.05, 4.69) is 4.72 Å². The first-order valence-electron chi connectivity index (χ1n) is 5.04. The molecular formula is C10H16ClNO2S2. The number of aryl methyl sites for hydroxylation is 2. The zero-order valence-corrected chi connectivity index (χ0v) is 11.8. The van der Waals surface area contributed by atoms with Gasteiger partial charge in [-0.3, -0.25) is 0 Å². The van der Waals surface area contributed by atoms with Crippen LogP contribution in [0, 0.1) is 13.8 Å². The maximum Gasteiger partial charge on any atom is 0.211 e. The summed E-state index contributed by atoms with van der Waals surface area (Å²) in [5, 5.41) is 0. The first kappa shape index (κ1) is 14.0. The average Bonchev–Trinajstić information content (AvgIpc) is 2.53. The lowest BCUT2D eigenvalue weighted by Crippen LogP contribution is -2.25. The molecule has 0 aliphatic heterocycles. The molecule has 0 fully saturated rings. The summed E-state index contributed by atoms with van der Waals surface area (Å²) in [5.41, 5.74) is 1.21. The summed E-state index contributed by atoms with van der Waals surface area (Å²) in [6, 6.07) is 2.02. The van der Waals surface area contributed by atoms with Gasteiger partial charge in [0.05, 0.1) is 5.75 Å². The van der Waals surface area contributed by atoms with Crippen LogP contribution in [0.1, 0.15) is 21.7 Å². The molecule has 0 spiro atoms. The van der Waals surface area contributed by atoms with Crippen LogP contribution < -0.4 is 4.72 Å². The molecule has 0 amide bonds. The lowest BCUT2D eigenvalue weighted by atomic mass is 10.3. The van der Waals surface area contributed by atoms with Crippen LogP contribution in [0.5, 0.6) is 0 Å². The molecular weight excluding hydrogens is 266 g/mol. The molecule has 16 heavy (non-hydrogen) atoms. The van der Waals surface area contributed by atoms with E-state index >= 15 is 0 Å². The highest BCUT2D eigenvalue weighted by molar-refractivity contribution is 7.89. The second-order valence-electron chi connectivity index (χ2n) is 3.63. The molecule has 0 aliphatic carbocycles. The maximum absolute atomic E-state index is 11.5. The van der Waals surface area contributed by atoms with E-state index in [1.807, 2.05) is 19.9 Å². The molecule has 3 nitrogen and oxygen atoms in total. The van der Waals surface area contributed by atoms with Crippen LogP contribution in [0.3, 0.4) is 0 Å². The fourth-order valence-corrected chi connectivity index (χ4v) is 3.66. The number of thiophene rings is 1. The van der Waals surface area contributed by atoms with Crippen molar-refractivity contribution in [2.75, 3.05) is 11.6 Å². The Balaban J connectivity index is 2.51. The van der Waals surface area contributed by atoms with E-state index in [4.69, 9.17) is 11.6 Å². The van der Waals surface area contributed by atoms with Gasteiger partial charge in [-0.1, -0.05) is 0 Å². The third-order valence-corrected chi connectivity index (χ3v) is 5.06. The lowest BCUT2D eigenvalue weighted by Gasteiger charge is -2.03. The number of hydrogen-bond donors (Lipinski definition) is 1. The van der Waals surface area contributed by atoms with Gasteiger partial charge in [-0.2, -0.15) is 0 Å². The second kappa shape index (κ2) is 6.00. The molecule has 0 bridgehead atoms. The highest BCUT2D eigenvalue weighted by Gasteiger charge is 2.10.